The Bertz CT molecular complexity index is 1210. The topological polar surface area (TPSA) is 140 Å². The van der Waals surface area contributed by atoms with Crippen LogP contribution in [0.3, 0.4) is 0 Å². The highest BCUT2D eigenvalue weighted by molar-refractivity contribution is 7.07. The number of hydrogen-bond donors (Lipinski definition) is 3. The number of nitrogens with one attached hydrogen (secondary N) is 3. The summed E-state index contributed by atoms with van der Waals surface area (Å²) >= 11 is 1.00. The first-order valence-corrected chi connectivity index (χ1v) is 9.92. The maximum atomic E-state index is 12.7. The van der Waals surface area contributed by atoms with Crippen molar-refractivity contribution in [3.8, 4) is 12.1 Å². The summed E-state index contributed by atoms with van der Waals surface area (Å²) in [6.45, 7) is 3.52. The second-order valence-electron chi connectivity index (χ2n) is 5.92. The van der Waals surface area contributed by atoms with E-state index in [0.717, 1.165) is 11.3 Å². The predicted octanol–water partition coefficient (Wildman–Crippen LogP) is 0.442. The third kappa shape index (κ3) is 5.34. The zero-order chi connectivity index (χ0) is 22.1. The molecular weight excluding hydrogens is 404 g/mol. The summed E-state index contributed by atoms with van der Waals surface area (Å²) in [6.07, 6.45) is 1.85. The van der Waals surface area contributed by atoms with E-state index in [1.165, 1.54) is 10.8 Å². The van der Waals surface area contributed by atoms with Crippen LogP contribution < -0.4 is 30.7 Å². The number of nitriles is 2. The van der Waals surface area contributed by atoms with Gasteiger partial charge >= 0.3 is 0 Å². The highest BCUT2D eigenvalue weighted by Gasteiger charge is 2.14. The fourth-order valence-corrected chi connectivity index (χ4v) is 3.57. The third-order valence-electron chi connectivity index (χ3n) is 3.94. The number of rotatable bonds is 7. The number of anilines is 2. The number of nitrogens with zero attached hydrogens (tertiary/aromatic N) is 3. The highest BCUT2D eigenvalue weighted by Crippen LogP contribution is 2.15. The maximum Gasteiger partial charge on any atom is 0.270 e. The Labute approximate surface area is 176 Å². The Morgan fingerprint density at radius 3 is 2.60 bits per heavy atom. The summed E-state index contributed by atoms with van der Waals surface area (Å²) in [4.78, 5) is 36.4. The fraction of sp³-hybridized carbons (Fsp3) is 0.250. The Hall–Kier alpha value is -3.89. The molecule has 0 spiro atoms. The number of amides is 2. The van der Waals surface area contributed by atoms with Crippen molar-refractivity contribution in [2.45, 2.75) is 26.8 Å². The first-order chi connectivity index (χ1) is 14.4. The lowest BCUT2D eigenvalue weighted by molar-refractivity contribution is -0.116. The van der Waals surface area contributed by atoms with E-state index < -0.39 is 5.91 Å². The largest absolute Gasteiger partial charge is 0.360 e. The number of hydrogen-bond acceptors (Lipinski definition) is 7. The van der Waals surface area contributed by atoms with Crippen molar-refractivity contribution in [2.24, 2.45) is 0 Å². The number of carbonyl (C=O) groups is 2. The smallest absolute Gasteiger partial charge is 0.270 e. The van der Waals surface area contributed by atoms with E-state index in [0.29, 0.717) is 22.3 Å². The van der Waals surface area contributed by atoms with Crippen LogP contribution >= 0.6 is 11.3 Å². The van der Waals surface area contributed by atoms with E-state index in [9.17, 15) is 19.6 Å². The first-order valence-electron chi connectivity index (χ1n) is 9.10. The van der Waals surface area contributed by atoms with Crippen molar-refractivity contribution in [1.82, 2.24) is 9.88 Å². The van der Waals surface area contributed by atoms with E-state index in [2.05, 4.69) is 16.0 Å². The molecule has 3 N–H and O–H groups in total. The molecule has 1 aromatic heterocycles. The SMILES string of the molecule is CCC(=O)Nc1cccc(NC=c2sc(=C(C#N)C(=O)NCC#N)n(CC)c2=O)c1. The maximum absolute atomic E-state index is 12.7. The van der Waals surface area contributed by atoms with Gasteiger partial charge in [0.05, 0.1) is 6.07 Å². The molecule has 0 atom stereocenters. The van der Waals surface area contributed by atoms with Gasteiger partial charge in [-0.05, 0) is 25.1 Å². The Kier molecular flexibility index (Phi) is 7.91. The zero-order valence-electron chi connectivity index (χ0n) is 16.5. The van der Waals surface area contributed by atoms with Crippen LogP contribution in [0, 0.1) is 22.7 Å². The zero-order valence-corrected chi connectivity index (χ0v) is 17.3. The van der Waals surface area contributed by atoms with E-state index in [4.69, 9.17) is 5.26 Å². The number of carbonyl (C=O) groups excluding carboxylic acids is 2. The van der Waals surface area contributed by atoms with Gasteiger partial charge in [-0.15, -0.1) is 11.3 Å². The molecule has 0 saturated carbocycles. The lowest BCUT2D eigenvalue weighted by Gasteiger charge is -2.06. The van der Waals surface area contributed by atoms with E-state index in [1.54, 1.807) is 44.2 Å². The molecule has 0 aliphatic rings. The molecule has 0 aliphatic heterocycles. The molecule has 10 heteroatoms. The highest BCUT2D eigenvalue weighted by atomic mass is 32.1. The fourth-order valence-electron chi connectivity index (χ4n) is 2.48. The van der Waals surface area contributed by atoms with Crippen molar-refractivity contribution >= 4 is 46.3 Å². The van der Waals surface area contributed by atoms with Gasteiger partial charge in [-0.3, -0.25) is 19.0 Å². The Balaban J connectivity index is 2.45. The molecule has 9 nitrogen and oxygen atoms in total. The average Bonchev–Trinajstić information content (AvgIpc) is 3.06. The lowest BCUT2D eigenvalue weighted by atomic mass is 10.2. The third-order valence-corrected chi connectivity index (χ3v) is 5.07. The molecule has 1 heterocycles. The molecular formula is C20H20N6O3S. The van der Waals surface area contributed by atoms with Crippen LogP contribution in [-0.4, -0.2) is 22.9 Å². The molecule has 0 aliphatic carbocycles. The molecule has 2 aromatic rings. The van der Waals surface area contributed by atoms with Crippen LogP contribution in [0.5, 0.6) is 0 Å². The van der Waals surface area contributed by atoms with Crippen molar-refractivity contribution in [3.05, 3.63) is 43.8 Å². The van der Waals surface area contributed by atoms with E-state index >= 15 is 0 Å². The molecule has 2 amide bonds. The Morgan fingerprint density at radius 1 is 1.23 bits per heavy atom. The van der Waals surface area contributed by atoms with Crippen molar-refractivity contribution < 1.29 is 9.59 Å². The number of aromatic nitrogens is 1. The second kappa shape index (κ2) is 10.6. The quantitative estimate of drug-likeness (QED) is 0.551. The molecule has 0 saturated heterocycles. The van der Waals surface area contributed by atoms with Gasteiger partial charge in [-0.1, -0.05) is 13.0 Å². The predicted molar refractivity (Wildman–Crippen MR) is 115 cm³/mol. The minimum atomic E-state index is -0.707. The summed E-state index contributed by atoms with van der Waals surface area (Å²) in [7, 11) is 0. The monoisotopic (exact) mass is 424 g/mol. The molecule has 0 fully saturated rings. The van der Waals surface area contributed by atoms with Crippen LogP contribution in [0.4, 0.5) is 11.4 Å². The lowest BCUT2D eigenvalue weighted by Crippen LogP contribution is -2.34. The molecule has 0 radical (unpaired) electrons. The molecule has 0 unspecified atom stereocenters. The van der Waals surface area contributed by atoms with Gasteiger partial charge in [0.15, 0.2) is 5.57 Å². The summed E-state index contributed by atoms with van der Waals surface area (Å²) in [6, 6.07) is 10.6. The normalized spacial score (nSPS) is 11.8. The first kappa shape index (κ1) is 22.4. The van der Waals surface area contributed by atoms with Crippen molar-refractivity contribution in [2.75, 3.05) is 17.2 Å². The summed E-state index contributed by atoms with van der Waals surface area (Å²) in [5.41, 5.74) is 0.698. The second-order valence-corrected chi connectivity index (χ2v) is 6.95. The summed E-state index contributed by atoms with van der Waals surface area (Å²) < 4.78 is 1.86. The van der Waals surface area contributed by atoms with Gasteiger partial charge in [0.1, 0.15) is 21.8 Å². The minimum Gasteiger partial charge on any atom is -0.360 e. The van der Waals surface area contributed by atoms with Gasteiger partial charge in [-0.2, -0.15) is 10.5 Å². The van der Waals surface area contributed by atoms with Gasteiger partial charge in [-0.25, -0.2) is 0 Å². The van der Waals surface area contributed by atoms with Crippen LogP contribution in [0.2, 0.25) is 0 Å². The Morgan fingerprint density at radius 2 is 1.97 bits per heavy atom. The van der Waals surface area contributed by atoms with Gasteiger partial charge in [0, 0.05) is 30.5 Å². The van der Waals surface area contributed by atoms with Crippen LogP contribution in [0.1, 0.15) is 20.3 Å². The van der Waals surface area contributed by atoms with Gasteiger partial charge < -0.3 is 16.0 Å². The molecule has 154 valence electrons. The summed E-state index contributed by atoms with van der Waals surface area (Å²) in [5.74, 6) is -0.819. The van der Waals surface area contributed by atoms with E-state index in [1.807, 2.05) is 6.07 Å². The van der Waals surface area contributed by atoms with Crippen molar-refractivity contribution in [3.63, 3.8) is 0 Å². The van der Waals surface area contributed by atoms with Gasteiger partial charge in [0.25, 0.3) is 11.5 Å². The minimum absolute atomic E-state index is 0.112. The van der Waals surface area contributed by atoms with Crippen LogP contribution in [0.25, 0.3) is 11.8 Å². The number of thiazole rings is 1. The van der Waals surface area contributed by atoms with Crippen molar-refractivity contribution in [1.29, 1.82) is 10.5 Å². The molecule has 30 heavy (non-hydrogen) atoms. The van der Waals surface area contributed by atoms with Gasteiger partial charge in [0.2, 0.25) is 5.91 Å². The summed E-state index contributed by atoms with van der Waals surface area (Å²) in [5, 5.41) is 26.1. The molecule has 1 aromatic carbocycles. The standard InChI is InChI=1S/C20H20N6O3S/c1-3-17(27)25-14-7-5-6-13(10-14)24-12-16-19(29)26(4-2)20(30-16)15(11-22)18(28)23-9-8-21/h5-7,10,12,24H,3-4,9H2,1-2H3,(H,23,28)(H,25,27). The molecule has 2 rings (SSSR count). The molecule has 0 bridgehead atoms. The van der Waals surface area contributed by atoms with Crippen LogP contribution in [-0.2, 0) is 16.1 Å². The van der Waals surface area contributed by atoms with E-state index in [-0.39, 0.29) is 34.8 Å². The number of benzene rings is 1. The average molecular weight is 424 g/mol. The van der Waals surface area contributed by atoms with Crippen LogP contribution in [0.15, 0.2) is 29.1 Å².